The minimum Gasteiger partial charge on any atom is -0.494 e. The second-order valence-corrected chi connectivity index (χ2v) is 7.48. The number of benzene rings is 3. The van der Waals surface area contributed by atoms with Gasteiger partial charge >= 0.3 is 0 Å². The molecule has 1 aliphatic rings. The smallest absolute Gasteiger partial charge is 0.254 e. The highest BCUT2D eigenvalue weighted by Crippen LogP contribution is 2.25. The van der Waals surface area contributed by atoms with E-state index < -0.39 is 0 Å². The summed E-state index contributed by atoms with van der Waals surface area (Å²) in [6.07, 6.45) is 5.36. The van der Waals surface area contributed by atoms with Gasteiger partial charge in [-0.25, -0.2) is 0 Å². The third-order valence-corrected chi connectivity index (χ3v) is 5.62. The molecule has 1 unspecified atom stereocenters. The molecule has 1 saturated heterocycles. The molecule has 0 bridgehead atoms. The molecular weight excluding hydrogens is 346 g/mol. The van der Waals surface area contributed by atoms with Crippen LogP contribution in [0.4, 0.5) is 0 Å². The van der Waals surface area contributed by atoms with Crippen LogP contribution >= 0.6 is 0 Å². The topological polar surface area (TPSA) is 29.5 Å². The highest BCUT2D eigenvalue weighted by Gasteiger charge is 2.27. The van der Waals surface area contributed by atoms with Gasteiger partial charge in [-0.3, -0.25) is 4.79 Å². The summed E-state index contributed by atoms with van der Waals surface area (Å²) in [4.78, 5) is 15.6. The van der Waals surface area contributed by atoms with Crippen molar-refractivity contribution in [3.05, 3.63) is 78.4 Å². The van der Waals surface area contributed by atoms with Crippen LogP contribution in [-0.4, -0.2) is 30.0 Å². The van der Waals surface area contributed by atoms with E-state index in [1.54, 1.807) is 0 Å². The Morgan fingerprint density at radius 3 is 2.57 bits per heavy atom. The van der Waals surface area contributed by atoms with Gasteiger partial charge in [0.15, 0.2) is 0 Å². The van der Waals surface area contributed by atoms with Crippen molar-refractivity contribution in [2.45, 2.75) is 38.1 Å². The molecule has 1 fully saturated rings. The van der Waals surface area contributed by atoms with E-state index in [0.29, 0.717) is 6.61 Å². The zero-order valence-electron chi connectivity index (χ0n) is 16.2. The number of fused-ring (bicyclic) bond motifs is 1. The van der Waals surface area contributed by atoms with E-state index in [-0.39, 0.29) is 11.9 Å². The van der Waals surface area contributed by atoms with Gasteiger partial charge in [0.2, 0.25) is 0 Å². The van der Waals surface area contributed by atoms with Crippen LogP contribution in [0, 0.1) is 0 Å². The summed E-state index contributed by atoms with van der Waals surface area (Å²) in [5, 5.41) is 2.16. The van der Waals surface area contributed by atoms with E-state index in [1.807, 2.05) is 60.7 Å². The van der Waals surface area contributed by atoms with Gasteiger partial charge in [-0.1, -0.05) is 67.4 Å². The monoisotopic (exact) mass is 373 g/mol. The van der Waals surface area contributed by atoms with Crippen molar-refractivity contribution >= 4 is 16.7 Å². The summed E-state index contributed by atoms with van der Waals surface area (Å²) >= 11 is 0. The second kappa shape index (κ2) is 8.92. The standard InChI is InChI=1S/C25H27NO2/c27-25(24-16-9-11-20-10-6-7-15-23(20)24)26-18-8-2-3-12-21(26)17-19-28-22-13-4-1-5-14-22/h1,4-7,9-11,13-16,21H,2-3,8,12,17-19H2. The fourth-order valence-electron chi connectivity index (χ4n) is 4.14. The van der Waals surface area contributed by atoms with Crippen molar-refractivity contribution in [3.8, 4) is 5.75 Å². The van der Waals surface area contributed by atoms with Gasteiger partial charge < -0.3 is 9.64 Å². The molecule has 144 valence electrons. The molecule has 3 nitrogen and oxygen atoms in total. The number of hydrogen-bond donors (Lipinski definition) is 0. The molecule has 0 spiro atoms. The summed E-state index contributed by atoms with van der Waals surface area (Å²) in [5.41, 5.74) is 0.814. The predicted molar refractivity (Wildman–Crippen MR) is 114 cm³/mol. The fourth-order valence-corrected chi connectivity index (χ4v) is 4.14. The lowest BCUT2D eigenvalue weighted by Crippen LogP contribution is -2.41. The minimum absolute atomic E-state index is 0.156. The first-order valence-electron chi connectivity index (χ1n) is 10.3. The Kier molecular flexibility index (Phi) is 5.91. The molecule has 3 aromatic carbocycles. The lowest BCUT2D eigenvalue weighted by Gasteiger charge is -2.30. The maximum atomic E-state index is 13.5. The van der Waals surface area contributed by atoms with Crippen LogP contribution in [0.2, 0.25) is 0 Å². The van der Waals surface area contributed by atoms with Gasteiger partial charge in [0.1, 0.15) is 5.75 Å². The average molecular weight is 373 g/mol. The van der Waals surface area contributed by atoms with Crippen molar-refractivity contribution in [2.75, 3.05) is 13.2 Å². The fraction of sp³-hybridized carbons (Fsp3) is 0.320. The highest BCUT2D eigenvalue weighted by molar-refractivity contribution is 6.07. The third kappa shape index (κ3) is 4.19. The molecule has 1 heterocycles. The van der Waals surface area contributed by atoms with Crippen LogP contribution in [0.25, 0.3) is 10.8 Å². The molecule has 3 aromatic rings. The Bertz CT molecular complexity index is 917. The van der Waals surface area contributed by atoms with Gasteiger partial charge in [0.25, 0.3) is 5.91 Å². The summed E-state index contributed by atoms with van der Waals surface area (Å²) in [7, 11) is 0. The molecule has 1 aliphatic heterocycles. The number of amides is 1. The SMILES string of the molecule is O=C(c1cccc2ccccc12)N1CCCCCC1CCOc1ccccc1. The first-order chi connectivity index (χ1) is 13.8. The molecule has 0 aromatic heterocycles. The number of carbonyl (C=O) groups is 1. The average Bonchev–Trinajstić information content (AvgIpc) is 2.99. The molecule has 1 atom stereocenters. The number of nitrogens with zero attached hydrogens (tertiary/aromatic N) is 1. The van der Waals surface area contributed by atoms with E-state index in [0.717, 1.165) is 47.9 Å². The highest BCUT2D eigenvalue weighted by atomic mass is 16.5. The molecule has 0 radical (unpaired) electrons. The predicted octanol–water partition coefficient (Wildman–Crippen LogP) is 5.69. The first-order valence-corrected chi connectivity index (χ1v) is 10.3. The number of hydrogen-bond acceptors (Lipinski definition) is 2. The normalized spacial score (nSPS) is 17.3. The van der Waals surface area contributed by atoms with Gasteiger partial charge in [-0.2, -0.15) is 0 Å². The first kappa shape index (κ1) is 18.5. The number of para-hydroxylation sites is 1. The van der Waals surface area contributed by atoms with Gasteiger partial charge in [0.05, 0.1) is 6.61 Å². The maximum Gasteiger partial charge on any atom is 0.254 e. The van der Waals surface area contributed by atoms with Crippen molar-refractivity contribution < 1.29 is 9.53 Å². The Balaban J connectivity index is 1.51. The number of likely N-dealkylation sites (tertiary alicyclic amines) is 1. The van der Waals surface area contributed by atoms with Crippen LogP contribution in [0.15, 0.2) is 72.8 Å². The van der Waals surface area contributed by atoms with E-state index in [9.17, 15) is 4.79 Å². The van der Waals surface area contributed by atoms with Crippen LogP contribution in [0.5, 0.6) is 5.75 Å². The number of ether oxygens (including phenoxy) is 1. The lowest BCUT2D eigenvalue weighted by molar-refractivity contribution is 0.0660. The Morgan fingerprint density at radius 1 is 0.893 bits per heavy atom. The minimum atomic E-state index is 0.156. The number of carbonyl (C=O) groups excluding carboxylic acids is 1. The summed E-state index contributed by atoms with van der Waals surface area (Å²) in [6, 6.07) is 24.3. The van der Waals surface area contributed by atoms with E-state index >= 15 is 0 Å². The van der Waals surface area contributed by atoms with Gasteiger partial charge in [-0.15, -0.1) is 0 Å². The third-order valence-electron chi connectivity index (χ3n) is 5.62. The largest absolute Gasteiger partial charge is 0.494 e. The summed E-state index contributed by atoms with van der Waals surface area (Å²) in [6.45, 7) is 1.46. The van der Waals surface area contributed by atoms with Crippen molar-refractivity contribution in [1.82, 2.24) is 4.90 Å². The second-order valence-electron chi connectivity index (χ2n) is 7.48. The summed E-state index contributed by atoms with van der Waals surface area (Å²) in [5.74, 6) is 1.05. The molecule has 0 aliphatic carbocycles. The maximum absolute atomic E-state index is 13.5. The van der Waals surface area contributed by atoms with E-state index in [4.69, 9.17) is 4.74 Å². The Morgan fingerprint density at radius 2 is 1.68 bits per heavy atom. The molecule has 0 N–H and O–H groups in total. The Hall–Kier alpha value is -2.81. The lowest BCUT2D eigenvalue weighted by atomic mass is 10.0. The summed E-state index contributed by atoms with van der Waals surface area (Å²) < 4.78 is 5.92. The molecule has 4 rings (SSSR count). The zero-order valence-corrected chi connectivity index (χ0v) is 16.2. The van der Waals surface area contributed by atoms with Crippen molar-refractivity contribution in [1.29, 1.82) is 0 Å². The van der Waals surface area contributed by atoms with Gasteiger partial charge in [-0.05, 0) is 41.8 Å². The molecular formula is C25H27NO2. The molecule has 28 heavy (non-hydrogen) atoms. The zero-order chi connectivity index (χ0) is 19.2. The molecule has 0 saturated carbocycles. The van der Waals surface area contributed by atoms with Crippen molar-refractivity contribution in [3.63, 3.8) is 0 Å². The van der Waals surface area contributed by atoms with Crippen LogP contribution in [0.3, 0.4) is 0 Å². The van der Waals surface area contributed by atoms with Gasteiger partial charge in [0, 0.05) is 24.6 Å². The molecule has 3 heteroatoms. The van der Waals surface area contributed by atoms with E-state index in [2.05, 4.69) is 17.0 Å². The molecule has 1 amide bonds. The van der Waals surface area contributed by atoms with E-state index in [1.165, 1.54) is 12.8 Å². The Labute approximate surface area is 166 Å². The van der Waals surface area contributed by atoms with Crippen LogP contribution in [0.1, 0.15) is 42.5 Å². The number of rotatable bonds is 5. The van der Waals surface area contributed by atoms with Crippen LogP contribution in [-0.2, 0) is 0 Å². The quantitative estimate of drug-likeness (QED) is 0.575. The van der Waals surface area contributed by atoms with Crippen molar-refractivity contribution in [2.24, 2.45) is 0 Å². The van der Waals surface area contributed by atoms with Crippen LogP contribution < -0.4 is 4.74 Å².